The Morgan fingerprint density at radius 1 is 1.35 bits per heavy atom. The van der Waals surface area contributed by atoms with Crippen LogP contribution in [-0.2, 0) is 0 Å². The monoisotopic (exact) mass is 309 g/mol. The average Bonchev–Trinajstić information content (AvgIpc) is 2.72. The summed E-state index contributed by atoms with van der Waals surface area (Å²) in [6, 6.07) is 7.72. The summed E-state index contributed by atoms with van der Waals surface area (Å²) < 4.78 is 0.962. The summed E-state index contributed by atoms with van der Waals surface area (Å²) in [5.41, 5.74) is 3.84. The topological polar surface area (TPSA) is 29.1 Å². The normalized spacial score (nSPS) is 10.3. The summed E-state index contributed by atoms with van der Waals surface area (Å²) in [6.45, 7) is 4.04. The van der Waals surface area contributed by atoms with Gasteiger partial charge in [0.15, 0.2) is 0 Å². The average molecular weight is 310 g/mol. The lowest BCUT2D eigenvalue weighted by molar-refractivity contribution is 0.102. The quantitative estimate of drug-likeness (QED) is 0.876. The van der Waals surface area contributed by atoms with E-state index in [-0.39, 0.29) is 5.91 Å². The lowest BCUT2D eigenvalue weighted by Gasteiger charge is -2.09. The molecule has 1 aromatic carbocycles. The van der Waals surface area contributed by atoms with Crippen molar-refractivity contribution in [3.05, 3.63) is 50.1 Å². The molecule has 0 spiro atoms. The van der Waals surface area contributed by atoms with Crippen molar-refractivity contribution in [1.82, 2.24) is 0 Å². The van der Waals surface area contributed by atoms with Crippen molar-refractivity contribution in [1.29, 1.82) is 0 Å². The van der Waals surface area contributed by atoms with E-state index in [1.807, 2.05) is 43.5 Å². The van der Waals surface area contributed by atoms with Crippen LogP contribution in [0.15, 0.2) is 33.4 Å². The Kier molecular flexibility index (Phi) is 3.64. The largest absolute Gasteiger partial charge is 0.322 e. The molecule has 0 aliphatic heterocycles. The standard InChI is InChI=1S/C13H12BrNOS/c1-8-4-3-5-11(9(8)2)15-13(16)10-6-12(14)17-7-10/h3-7H,1-2H3,(H,15,16). The second kappa shape index (κ2) is 5.02. The molecule has 0 fully saturated rings. The molecule has 0 bridgehead atoms. The number of thiophene rings is 1. The first-order valence-corrected chi connectivity index (χ1v) is 6.87. The summed E-state index contributed by atoms with van der Waals surface area (Å²) in [5.74, 6) is -0.0688. The molecule has 2 rings (SSSR count). The molecule has 1 N–H and O–H groups in total. The van der Waals surface area contributed by atoms with Crippen molar-refractivity contribution in [2.24, 2.45) is 0 Å². The van der Waals surface area contributed by atoms with Crippen LogP contribution >= 0.6 is 27.3 Å². The number of aryl methyl sites for hydroxylation is 1. The van der Waals surface area contributed by atoms with Gasteiger partial charge in [0.1, 0.15) is 0 Å². The number of anilines is 1. The van der Waals surface area contributed by atoms with Crippen LogP contribution in [0.3, 0.4) is 0 Å². The zero-order valence-electron chi connectivity index (χ0n) is 9.58. The Morgan fingerprint density at radius 2 is 2.12 bits per heavy atom. The number of nitrogens with one attached hydrogen (secondary N) is 1. The number of rotatable bonds is 2. The molecule has 1 amide bonds. The van der Waals surface area contributed by atoms with Gasteiger partial charge in [0.25, 0.3) is 5.91 Å². The molecule has 0 atom stereocenters. The van der Waals surface area contributed by atoms with Gasteiger partial charge in [-0.15, -0.1) is 11.3 Å². The second-order valence-electron chi connectivity index (χ2n) is 3.84. The predicted molar refractivity (Wildman–Crippen MR) is 75.9 cm³/mol. The molecule has 0 aliphatic rings. The molecular formula is C13H12BrNOS. The van der Waals surface area contributed by atoms with Crippen LogP contribution in [0.4, 0.5) is 5.69 Å². The minimum absolute atomic E-state index is 0.0688. The fourth-order valence-corrected chi connectivity index (χ4v) is 2.65. The molecular weight excluding hydrogens is 298 g/mol. The highest BCUT2D eigenvalue weighted by atomic mass is 79.9. The van der Waals surface area contributed by atoms with Crippen molar-refractivity contribution in [2.75, 3.05) is 5.32 Å². The minimum Gasteiger partial charge on any atom is -0.322 e. The van der Waals surface area contributed by atoms with E-state index in [1.165, 1.54) is 16.9 Å². The number of amides is 1. The third kappa shape index (κ3) is 2.76. The molecule has 0 radical (unpaired) electrons. The van der Waals surface area contributed by atoms with E-state index >= 15 is 0 Å². The van der Waals surface area contributed by atoms with Crippen molar-refractivity contribution < 1.29 is 4.79 Å². The predicted octanol–water partition coefficient (Wildman–Crippen LogP) is 4.38. The Hall–Kier alpha value is -1.13. The highest BCUT2D eigenvalue weighted by molar-refractivity contribution is 9.11. The molecule has 88 valence electrons. The Morgan fingerprint density at radius 3 is 2.76 bits per heavy atom. The summed E-state index contributed by atoms with van der Waals surface area (Å²) in [4.78, 5) is 12.0. The number of carbonyl (C=O) groups excluding carboxylic acids is 1. The third-order valence-corrected chi connectivity index (χ3v) is 4.19. The van der Waals surface area contributed by atoms with E-state index in [4.69, 9.17) is 0 Å². The molecule has 2 nitrogen and oxygen atoms in total. The van der Waals surface area contributed by atoms with E-state index < -0.39 is 0 Å². The lowest BCUT2D eigenvalue weighted by atomic mass is 10.1. The summed E-state index contributed by atoms with van der Waals surface area (Å²) in [5, 5.41) is 4.77. The minimum atomic E-state index is -0.0688. The van der Waals surface area contributed by atoms with Gasteiger partial charge in [-0.2, -0.15) is 0 Å². The van der Waals surface area contributed by atoms with Gasteiger partial charge < -0.3 is 5.32 Å². The molecule has 0 saturated carbocycles. The Labute approximate surface area is 113 Å². The second-order valence-corrected chi connectivity index (χ2v) is 6.13. The maximum atomic E-state index is 12.0. The molecule has 4 heteroatoms. The molecule has 0 unspecified atom stereocenters. The first-order chi connectivity index (χ1) is 8.08. The van der Waals surface area contributed by atoms with Crippen LogP contribution in [0.25, 0.3) is 0 Å². The van der Waals surface area contributed by atoms with Gasteiger partial charge in [0.2, 0.25) is 0 Å². The zero-order chi connectivity index (χ0) is 12.4. The lowest BCUT2D eigenvalue weighted by Crippen LogP contribution is -2.12. The number of benzene rings is 1. The summed E-state index contributed by atoms with van der Waals surface area (Å²) in [7, 11) is 0. The van der Waals surface area contributed by atoms with Crippen molar-refractivity contribution >= 4 is 38.9 Å². The van der Waals surface area contributed by atoms with Crippen molar-refractivity contribution in [2.45, 2.75) is 13.8 Å². The first kappa shape index (κ1) is 12.3. The van der Waals surface area contributed by atoms with Gasteiger partial charge in [-0.25, -0.2) is 0 Å². The van der Waals surface area contributed by atoms with Crippen LogP contribution in [-0.4, -0.2) is 5.91 Å². The molecule has 1 aromatic heterocycles. The van der Waals surface area contributed by atoms with Gasteiger partial charge in [-0.3, -0.25) is 4.79 Å². The van der Waals surface area contributed by atoms with Gasteiger partial charge in [0.05, 0.1) is 9.35 Å². The van der Waals surface area contributed by atoms with Crippen LogP contribution in [0, 0.1) is 13.8 Å². The molecule has 0 aliphatic carbocycles. The van der Waals surface area contributed by atoms with Crippen LogP contribution in [0.1, 0.15) is 21.5 Å². The molecule has 17 heavy (non-hydrogen) atoms. The van der Waals surface area contributed by atoms with Gasteiger partial charge >= 0.3 is 0 Å². The number of halogens is 1. The Bertz CT molecular complexity index is 562. The van der Waals surface area contributed by atoms with Crippen LogP contribution in [0.2, 0.25) is 0 Å². The highest BCUT2D eigenvalue weighted by Gasteiger charge is 2.09. The number of hydrogen-bond donors (Lipinski definition) is 1. The van der Waals surface area contributed by atoms with Gasteiger partial charge in [0, 0.05) is 11.1 Å². The molecule has 1 heterocycles. The summed E-state index contributed by atoms with van der Waals surface area (Å²) in [6.07, 6.45) is 0. The van der Waals surface area contributed by atoms with E-state index in [0.29, 0.717) is 5.56 Å². The molecule has 2 aromatic rings. The van der Waals surface area contributed by atoms with E-state index in [0.717, 1.165) is 15.0 Å². The maximum Gasteiger partial charge on any atom is 0.256 e. The number of hydrogen-bond acceptors (Lipinski definition) is 2. The SMILES string of the molecule is Cc1cccc(NC(=O)c2csc(Br)c2)c1C. The van der Waals surface area contributed by atoms with E-state index in [9.17, 15) is 4.79 Å². The van der Waals surface area contributed by atoms with Crippen molar-refractivity contribution in [3.8, 4) is 0 Å². The van der Waals surface area contributed by atoms with Crippen LogP contribution in [0.5, 0.6) is 0 Å². The van der Waals surface area contributed by atoms with Crippen LogP contribution < -0.4 is 5.32 Å². The first-order valence-electron chi connectivity index (χ1n) is 5.19. The summed E-state index contributed by atoms with van der Waals surface area (Å²) >= 11 is 4.86. The number of carbonyl (C=O) groups is 1. The maximum absolute atomic E-state index is 12.0. The zero-order valence-corrected chi connectivity index (χ0v) is 12.0. The smallest absolute Gasteiger partial charge is 0.256 e. The van der Waals surface area contributed by atoms with Crippen molar-refractivity contribution in [3.63, 3.8) is 0 Å². The highest BCUT2D eigenvalue weighted by Crippen LogP contribution is 2.23. The van der Waals surface area contributed by atoms with E-state index in [1.54, 1.807) is 0 Å². The molecule has 0 saturated heterocycles. The van der Waals surface area contributed by atoms with Gasteiger partial charge in [-0.05, 0) is 53.0 Å². The fourth-order valence-electron chi connectivity index (χ4n) is 1.51. The van der Waals surface area contributed by atoms with E-state index in [2.05, 4.69) is 21.2 Å². The Balaban J connectivity index is 2.21. The fraction of sp³-hybridized carbons (Fsp3) is 0.154. The van der Waals surface area contributed by atoms with Gasteiger partial charge in [-0.1, -0.05) is 12.1 Å². The third-order valence-electron chi connectivity index (χ3n) is 2.68.